The van der Waals surface area contributed by atoms with Crippen molar-refractivity contribution in [2.24, 2.45) is 0 Å². The fourth-order valence-electron chi connectivity index (χ4n) is 1.58. The first-order valence-corrected chi connectivity index (χ1v) is 7.01. The molecule has 3 rings (SSSR count). The van der Waals surface area contributed by atoms with E-state index in [0.29, 0.717) is 0 Å². The molecule has 2 aromatic heterocycles. The van der Waals surface area contributed by atoms with Crippen molar-refractivity contribution < 1.29 is 0 Å². The third kappa shape index (κ3) is 2.30. The Bertz CT molecular complexity index is 609. The highest BCUT2D eigenvalue weighted by Crippen LogP contribution is 2.25. The van der Waals surface area contributed by atoms with Crippen molar-refractivity contribution in [1.29, 1.82) is 0 Å². The first-order valence-electron chi connectivity index (χ1n) is 5.32. The highest BCUT2D eigenvalue weighted by Gasteiger charge is 2.03. The van der Waals surface area contributed by atoms with Gasteiger partial charge in [-0.05, 0) is 19.1 Å². The van der Waals surface area contributed by atoms with E-state index in [9.17, 15) is 0 Å². The fraction of sp³-hybridized carbons (Fsp3) is 0.167. The number of anilines is 1. The second kappa shape index (κ2) is 4.43. The topological polar surface area (TPSA) is 37.8 Å². The predicted molar refractivity (Wildman–Crippen MR) is 73.8 cm³/mol. The van der Waals surface area contributed by atoms with E-state index in [4.69, 9.17) is 0 Å². The van der Waals surface area contributed by atoms with Crippen LogP contribution in [0, 0.1) is 6.92 Å². The zero-order valence-electron chi connectivity index (χ0n) is 9.30. The average Bonchev–Trinajstić information content (AvgIpc) is 2.91. The van der Waals surface area contributed by atoms with Crippen molar-refractivity contribution in [1.82, 2.24) is 9.97 Å². The number of aryl methyl sites for hydroxylation is 1. The van der Waals surface area contributed by atoms with E-state index in [0.717, 1.165) is 27.9 Å². The average molecular weight is 261 g/mol. The maximum Gasteiger partial charge on any atom is 0.184 e. The summed E-state index contributed by atoms with van der Waals surface area (Å²) in [6.07, 6.45) is 0. The van der Waals surface area contributed by atoms with E-state index < -0.39 is 0 Å². The summed E-state index contributed by atoms with van der Waals surface area (Å²) in [5.74, 6) is 0. The summed E-state index contributed by atoms with van der Waals surface area (Å²) in [5, 5.41) is 7.44. The molecule has 0 aliphatic carbocycles. The molecule has 0 saturated heterocycles. The van der Waals surface area contributed by atoms with Gasteiger partial charge in [0.05, 0.1) is 16.8 Å². The van der Waals surface area contributed by atoms with Crippen LogP contribution in [0.1, 0.15) is 10.7 Å². The molecule has 5 heteroatoms. The van der Waals surface area contributed by atoms with Gasteiger partial charge in [-0.2, -0.15) is 0 Å². The minimum Gasteiger partial charge on any atom is -0.355 e. The molecule has 2 heterocycles. The zero-order chi connectivity index (χ0) is 11.7. The number of rotatable bonds is 3. The van der Waals surface area contributed by atoms with Gasteiger partial charge in [0.2, 0.25) is 0 Å². The standard InChI is InChI=1S/C12H11N3S2/c1-8-7-16-11(14-8)6-13-12-15-9-4-2-3-5-10(9)17-12/h2-5,7H,6H2,1H3,(H,13,15). The number of thiazole rings is 2. The second-order valence-corrected chi connectivity index (χ2v) is 5.70. The van der Waals surface area contributed by atoms with Gasteiger partial charge in [-0.25, -0.2) is 9.97 Å². The van der Waals surface area contributed by atoms with Crippen LogP contribution >= 0.6 is 22.7 Å². The molecule has 0 bridgehead atoms. The minimum absolute atomic E-state index is 0.748. The Hall–Kier alpha value is -1.46. The molecule has 0 aliphatic heterocycles. The van der Waals surface area contributed by atoms with Crippen LogP contribution in [-0.2, 0) is 6.54 Å². The van der Waals surface area contributed by atoms with E-state index >= 15 is 0 Å². The van der Waals surface area contributed by atoms with Crippen LogP contribution in [-0.4, -0.2) is 9.97 Å². The van der Waals surface area contributed by atoms with Crippen LogP contribution in [0.25, 0.3) is 10.2 Å². The first kappa shape index (κ1) is 10.7. The number of hydrogen-bond donors (Lipinski definition) is 1. The number of para-hydroxylation sites is 1. The molecule has 0 saturated carbocycles. The van der Waals surface area contributed by atoms with Gasteiger partial charge in [-0.15, -0.1) is 11.3 Å². The molecule has 17 heavy (non-hydrogen) atoms. The lowest BCUT2D eigenvalue weighted by Crippen LogP contribution is -1.97. The summed E-state index contributed by atoms with van der Waals surface area (Å²) in [6, 6.07) is 8.17. The number of aromatic nitrogens is 2. The Morgan fingerprint density at radius 2 is 2.12 bits per heavy atom. The second-order valence-electron chi connectivity index (χ2n) is 3.72. The van der Waals surface area contributed by atoms with Crippen molar-refractivity contribution in [3.63, 3.8) is 0 Å². The fourth-order valence-corrected chi connectivity index (χ4v) is 3.16. The largest absolute Gasteiger partial charge is 0.355 e. The molecule has 0 spiro atoms. The van der Waals surface area contributed by atoms with Gasteiger partial charge in [0, 0.05) is 11.1 Å². The van der Waals surface area contributed by atoms with Crippen molar-refractivity contribution in [3.05, 3.63) is 40.3 Å². The smallest absolute Gasteiger partial charge is 0.184 e. The van der Waals surface area contributed by atoms with E-state index in [2.05, 4.69) is 26.7 Å². The number of benzene rings is 1. The van der Waals surface area contributed by atoms with E-state index in [1.807, 2.05) is 25.1 Å². The molecule has 0 amide bonds. The highest BCUT2D eigenvalue weighted by atomic mass is 32.1. The molecule has 0 radical (unpaired) electrons. The summed E-state index contributed by atoms with van der Waals surface area (Å²) in [7, 11) is 0. The van der Waals surface area contributed by atoms with Crippen LogP contribution in [0.5, 0.6) is 0 Å². The number of hydrogen-bond acceptors (Lipinski definition) is 5. The van der Waals surface area contributed by atoms with Crippen LogP contribution in [0.4, 0.5) is 5.13 Å². The monoisotopic (exact) mass is 261 g/mol. The molecule has 0 fully saturated rings. The molecule has 0 aliphatic rings. The van der Waals surface area contributed by atoms with Gasteiger partial charge in [-0.1, -0.05) is 23.5 Å². The summed E-state index contributed by atoms with van der Waals surface area (Å²) in [4.78, 5) is 8.93. The molecule has 3 nitrogen and oxygen atoms in total. The highest BCUT2D eigenvalue weighted by molar-refractivity contribution is 7.22. The number of nitrogens with zero attached hydrogens (tertiary/aromatic N) is 2. The van der Waals surface area contributed by atoms with E-state index in [-0.39, 0.29) is 0 Å². The lowest BCUT2D eigenvalue weighted by atomic mass is 10.3. The van der Waals surface area contributed by atoms with Crippen molar-refractivity contribution >= 4 is 38.0 Å². The van der Waals surface area contributed by atoms with Crippen LogP contribution in [0.3, 0.4) is 0 Å². The van der Waals surface area contributed by atoms with Gasteiger partial charge >= 0.3 is 0 Å². The Kier molecular flexibility index (Phi) is 2.78. The minimum atomic E-state index is 0.748. The third-order valence-electron chi connectivity index (χ3n) is 2.35. The number of nitrogens with one attached hydrogen (secondary N) is 1. The molecule has 3 aromatic rings. The quantitative estimate of drug-likeness (QED) is 0.781. The zero-order valence-corrected chi connectivity index (χ0v) is 10.9. The van der Waals surface area contributed by atoms with Crippen molar-refractivity contribution in [3.8, 4) is 0 Å². The van der Waals surface area contributed by atoms with Crippen LogP contribution in [0.15, 0.2) is 29.6 Å². The van der Waals surface area contributed by atoms with Gasteiger partial charge in [-0.3, -0.25) is 0 Å². The summed E-state index contributed by atoms with van der Waals surface area (Å²) in [5.41, 5.74) is 2.13. The Balaban J connectivity index is 1.76. The lowest BCUT2D eigenvalue weighted by Gasteiger charge is -1.97. The van der Waals surface area contributed by atoms with E-state index in [1.165, 1.54) is 4.70 Å². The van der Waals surface area contributed by atoms with Crippen LogP contribution in [0.2, 0.25) is 0 Å². The maximum atomic E-state index is 4.52. The van der Waals surface area contributed by atoms with E-state index in [1.54, 1.807) is 22.7 Å². The molecular formula is C12H11N3S2. The third-order valence-corrected chi connectivity index (χ3v) is 4.31. The van der Waals surface area contributed by atoms with Crippen molar-refractivity contribution in [2.75, 3.05) is 5.32 Å². The van der Waals surface area contributed by atoms with Crippen LogP contribution < -0.4 is 5.32 Å². The molecule has 0 unspecified atom stereocenters. The summed E-state index contributed by atoms with van der Waals surface area (Å²) < 4.78 is 1.21. The molecule has 0 atom stereocenters. The summed E-state index contributed by atoms with van der Waals surface area (Å²) in [6.45, 7) is 2.76. The van der Waals surface area contributed by atoms with Gasteiger partial charge in [0.25, 0.3) is 0 Å². The molecule has 1 aromatic carbocycles. The lowest BCUT2D eigenvalue weighted by molar-refractivity contribution is 1.07. The Labute approximate surface area is 107 Å². The Morgan fingerprint density at radius 1 is 1.24 bits per heavy atom. The van der Waals surface area contributed by atoms with Gasteiger partial charge in [0.1, 0.15) is 5.01 Å². The molecular weight excluding hydrogens is 250 g/mol. The summed E-state index contributed by atoms with van der Waals surface area (Å²) >= 11 is 3.36. The SMILES string of the molecule is Cc1csc(CNc2nc3ccccc3s2)n1. The normalized spacial score (nSPS) is 10.9. The molecule has 86 valence electrons. The van der Waals surface area contributed by atoms with Crippen molar-refractivity contribution in [2.45, 2.75) is 13.5 Å². The number of fused-ring (bicyclic) bond motifs is 1. The molecule has 1 N–H and O–H groups in total. The van der Waals surface area contributed by atoms with Gasteiger partial charge in [0.15, 0.2) is 5.13 Å². The Morgan fingerprint density at radius 3 is 2.88 bits per heavy atom. The first-order chi connectivity index (χ1) is 8.31. The predicted octanol–water partition coefficient (Wildman–Crippen LogP) is 3.67. The maximum absolute atomic E-state index is 4.52. The van der Waals surface area contributed by atoms with Gasteiger partial charge < -0.3 is 5.32 Å².